The topological polar surface area (TPSA) is 43.8 Å². The molecule has 110 valence electrons. The van der Waals surface area contributed by atoms with E-state index in [2.05, 4.69) is 4.90 Å². The Morgan fingerprint density at radius 1 is 1.45 bits per heavy atom. The van der Waals surface area contributed by atoms with Gasteiger partial charge in [0.15, 0.2) is 0 Å². The monoisotopic (exact) mass is 280 g/mol. The van der Waals surface area contributed by atoms with Crippen molar-refractivity contribution in [2.75, 3.05) is 26.7 Å². The number of nitrogens with zero attached hydrogens (tertiary/aromatic N) is 2. The summed E-state index contributed by atoms with van der Waals surface area (Å²) in [7, 11) is 1.72. The van der Waals surface area contributed by atoms with Gasteiger partial charge in [-0.15, -0.1) is 0 Å². The molecule has 1 atom stereocenters. The largest absolute Gasteiger partial charge is 0.395 e. The average molecular weight is 280 g/mol. The zero-order valence-corrected chi connectivity index (χ0v) is 11.8. The Morgan fingerprint density at radius 2 is 2.15 bits per heavy atom. The smallest absolute Gasteiger partial charge is 0.239 e. The molecular formula is C15H21FN2O2. The lowest BCUT2D eigenvalue weighted by atomic mass is 10.1. The normalized spacial score (nSPS) is 19.2. The maximum Gasteiger partial charge on any atom is 0.239 e. The summed E-state index contributed by atoms with van der Waals surface area (Å²) in [5, 5.41) is 8.91. The first-order chi connectivity index (χ1) is 9.61. The molecule has 20 heavy (non-hydrogen) atoms. The number of likely N-dealkylation sites (tertiary alicyclic amines) is 1. The molecule has 1 unspecified atom stereocenters. The van der Waals surface area contributed by atoms with E-state index in [0.717, 1.165) is 24.9 Å². The number of aliphatic hydroxyl groups is 1. The van der Waals surface area contributed by atoms with E-state index in [1.807, 2.05) is 0 Å². The first-order valence-electron chi connectivity index (χ1n) is 6.96. The number of amides is 1. The van der Waals surface area contributed by atoms with Gasteiger partial charge in [0.25, 0.3) is 0 Å². The maximum atomic E-state index is 12.9. The Balaban J connectivity index is 2.00. The third kappa shape index (κ3) is 3.55. The molecule has 4 nitrogen and oxygen atoms in total. The zero-order valence-electron chi connectivity index (χ0n) is 11.8. The standard InChI is InChI=1S/C15H21FN2O2/c1-17(9-10-19)15(20)14-3-2-8-18(14)11-12-4-6-13(16)7-5-12/h4-7,14,19H,2-3,8-11H2,1H3. The van der Waals surface area contributed by atoms with E-state index < -0.39 is 0 Å². The van der Waals surface area contributed by atoms with Crippen LogP contribution in [0.1, 0.15) is 18.4 Å². The number of carbonyl (C=O) groups excluding carboxylic acids is 1. The summed E-state index contributed by atoms with van der Waals surface area (Å²) in [4.78, 5) is 16.0. The van der Waals surface area contributed by atoms with Crippen LogP contribution in [0.5, 0.6) is 0 Å². The van der Waals surface area contributed by atoms with Gasteiger partial charge in [-0.3, -0.25) is 9.69 Å². The summed E-state index contributed by atoms with van der Waals surface area (Å²) in [6.07, 6.45) is 1.83. The van der Waals surface area contributed by atoms with Gasteiger partial charge in [-0.1, -0.05) is 12.1 Å². The number of likely N-dealkylation sites (N-methyl/N-ethyl adjacent to an activating group) is 1. The summed E-state index contributed by atoms with van der Waals surface area (Å²) >= 11 is 0. The fourth-order valence-corrected chi connectivity index (χ4v) is 2.63. The summed E-state index contributed by atoms with van der Waals surface area (Å²) in [5.41, 5.74) is 1.01. The van der Waals surface area contributed by atoms with Crippen LogP contribution >= 0.6 is 0 Å². The van der Waals surface area contributed by atoms with E-state index >= 15 is 0 Å². The van der Waals surface area contributed by atoms with Crippen molar-refractivity contribution in [1.82, 2.24) is 9.80 Å². The van der Waals surface area contributed by atoms with Crippen molar-refractivity contribution in [2.45, 2.75) is 25.4 Å². The maximum absolute atomic E-state index is 12.9. The Kier molecular flexibility index (Phi) is 5.09. The predicted octanol–water partition coefficient (Wildman–Crippen LogP) is 1.24. The molecule has 0 radical (unpaired) electrons. The molecule has 1 aromatic rings. The Labute approximate surface area is 118 Å². The molecule has 1 saturated heterocycles. The van der Waals surface area contributed by atoms with Crippen molar-refractivity contribution in [1.29, 1.82) is 0 Å². The van der Waals surface area contributed by atoms with E-state index in [1.165, 1.54) is 12.1 Å². The number of hydrogen-bond donors (Lipinski definition) is 1. The Morgan fingerprint density at radius 3 is 2.80 bits per heavy atom. The lowest BCUT2D eigenvalue weighted by Crippen LogP contribution is -2.44. The van der Waals surface area contributed by atoms with Gasteiger partial charge in [0.1, 0.15) is 5.82 Å². The van der Waals surface area contributed by atoms with Crippen molar-refractivity contribution < 1.29 is 14.3 Å². The highest BCUT2D eigenvalue weighted by molar-refractivity contribution is 5.82. The highest BCUT2D eigenvalue weighted by Crippen LogP contribution is 2.21. The molecule has 0 aliphatic carbocycles. The third-order valence-corrected chi connectivity index (χ3v) is 3.76. The first kappa shape index (κ1) is 14.9. The Bertz CT molecular complexity index is 450. The number of hydrogen-bond acceptors (Lipinski definition) is 3. The van der Waals surface area contributed by atoms with Crippen LogP contribution in [0.15, 0.2) is 24.3 Å². The van der Waals surface area contributed by atoms with Gasteiger partial charge < -0.3 is 10.0 Å². The van der Waals surface area contributed by atoms with Crippen LogP contribution in [0.3, 0.4) is 0 Å². The molecule has 2 rings (SSSR count). The minimum atomic E-state index is -0.245. The molecule has 0 saturated carbocycles. The van der Waals surface area contributed by atoms with Gasteiger partial charge in [-0.2, -0.15) is 0 Å². The summed E-state index contributed by atoms with van der Waals surface area (Å²) < 4.78 is 12.9. The van der Waals surface area contributed by atoms with Gasteiger partial charge in [-0.05, 0) is 37.1 Å². The average Bonchev–Trinajstić information content (AvgIpc) is 2.89. The summed E-state index contributed by atoms with van der Waals surface area (Å²) in [6.45, 7) is 1.87. The first-order valence-corrected chi connectivity index (χ1v) is 6.96. The van der Waals surface area contributed by atoms with E-state index in [0.29, 0.717) is 13.1 Å². The summed E-state index contributed by atoms with van der Waals surface area (Å²) in [6, 6.07) is 6.27. The minimum absolute atomic E-state index is 0.0209. The van der Waals surface area contributed by atoms with Crippen LogP contribution in [0.2, 0.25) is 0 Å². The second kappa shape index (κ2) is 6.81. The minimum Gasteiger partial charge on any atom is -0.395 e. The van der Waals surface area contributed by atoms with Gasteiger partial charge in [0, 0.05) is 20.1 Å². The predicted molar refractivity (Wildman–Crippen MR) is 74.6 cm³/mol. The van der Waals surface area contributed by atoms with E-state index in [-0.39, 0.29) is 24.4 Å². The molecule has 1 aliphatic heterocycles. The highest BCUT2D eigenvalue weighted by atomic mass is 19.1. The fraction of sp³-hybridized carbons (Fsp3) is 0.533. The van der Waals surface area contributed by atoms with Crippen molar-refractivity contribution in [3.63, 3.8) is 0 Å². The lowest BCUT2D eigenvalue weighted by Gasteiger charge is -2.27. The van der Waals surface area contributed by atoms with Crippen LogP contribution in [-0.2, 0) is 11.3 Å². The van der Waals surface area contributed by atoms with Crippen LogP contribution in [0.25, 0.3) is 0 Å². The molecule has 0 spiro atoms. The Hall–Kier alpha value is -1.46. The second-order valence-corrected chi connectivity index (χ2v) is 5.24. The number of halogens is 1. The van der Waals surface area contributed by atoms with Gasteiger partial charge in [0.2, 0.25) is 5.91 Å². The van der Waals surface area contributed by atoms with E-state index in [4.69, 9.17) is 5.11 Å². The number of rotatable bonds is 5. The molecule has 5 heteroatoms. The molecule has 1 N–H and O–H groups in total. The third-order valence-electron chi connectivity index (χ3n) is 3.76. The van der Waals surface area contributed by atoms with Gasteiger partial charge in [-0.25, -0.2) is 4.39 Å². The molecule has 1 heterocycles. The van der Waals surface area contributed by atoms with Crippen molar-refractivity contribution in [2.24, 2.45) is 0 Å². The molecule has 1 amide bonds. The van der Waals surface area contributed by atoms with Crippen molar-refractivity contribution in [3.8, 4) is 0 Å². The van der Waals surface area contributed by atoms with E-state index in [1.54, 1.807) is 24.1 Å². The molecule has 0 bridgehead atoms. The molecular weight excluding hydrogens is 259 g/mol. The van der Waals surface area contributed by atoms with Crippen LogP contribution in [-0.4, -0.2) is 53.6 Å². The van der Waals surface area contributed by atoms with Crippen molar-refractivity contribution >= 4 is 5.91 Å². The van der Waals surface area contributed by atoms with Gasteiger partial charge >= 0.3 is 0 Å². The van der Waals surface area contributed by atoms with Gasteiger partial charge in [0.05, 0.1) is 12.6 Å². The number of carbonyl (C=O) groups is 1. The quantitative estimate of drug-likeness (QED) is 0.882. The van der Waals surface area contributed by atoms with E-state index in [9.17, 15) is 9.18 Å². The van der Waals surface area contributed by atoms with Crippen LogP contribution in [0.4, 0.5) is 4.39 Å². The molecule has 1 fully saturated rings. The van der Waals surface area contributed by atoms with Crippen molar-refractivity contribution in [3.05, 3.63) is 35.6 Å². The number of benzene rings is 1. The molecule has 1 aliphatic rings. The molecule has 1 aromatic carbocycles. The second-order valence-electron chi connectivity index (χ2n) is 5.24. The fourth-order valence-electron chi connectivity index (χ4n) is 2.63. The highest BCUT2D eigenvalue weighted by Gasteiger charge is 2.32. The summed E-state index contributed by atoms with van der Waals surface area (Å²) in [5.74, 6) is -0.191. The SMILES string of the molecule is CN(CCO)C(=O)C1CCCN1Cc1ccc(F)cc1. The van der Waals surface area contributed by atoms with Crippen LogP contribution < -0.4 is 0 Å². The zero-order chi connectivity index (χ0) is 14.5. The van der Waals surface area contributed by atoms with Crippen LogP contribution in [0, 0.1) is 5.82 Å². The lowest BCUT2D eigenvalue weighted by molar-refractivity contribution is -0.135. The number of aliphatic hydroxyl groups excluding tert-OH is 1. The molecule has 0 aromatic heterocycles.